The molecule has 0 unspecified atom stereocenters. The van der Waals surface area contributed by atoms with Gasteiger partial charge in [0, 0.05) is 12.6 Å². The van der Waals surface area contributed by atoms with Crippen molar-refractivity contribution in [1.82, 2.24) is 9.80 Å². The fourth-order valence-corrected chi connectivity index (χ4v) is 2.89. The number of amides is 4. The second kappa shape index (κ2) is 6.17. The van der Waals surface area contributed by atoms with Crippen LogP contribution < -0.4 is 0 Å². The van der Waals surface area contributed by atoms with Gasteiger partial charge < -0.3 is 0 Å². The Morgan fingerprint density at radius 1 is 1.05 bits per heavy atom. The van der Waals surface area contributed by atoms with Crippen molar-refractivity contribution in [2.45, 2.75) is 64.3 Å². The van der Waals surface area contributed by atoms with E-state index in [1.165, 1.54) is 16.2 Å². The summed E-state index contributed by atoms with van der Waals surface area (Å²) in [4.78, 5) is 38.8. The first-order valence-corrected chi connectivity index (χ1v) is 7.31. The molecule has 0 aromatic rings. The number of urea groups is 1. The van der Waals surface area contributed by atoms with Gasteiger partial charge in [0.05, 0.1) is 0 Å². The molecular formula is C14H22N2O3. The van der Waals surface area contributed by atoms with E-state index in [0.717, 1.165) is 38.5 Å². The first-order valence-electron chi connectivity index (χ1n) is 7.31. The monoisotopic (exact) mass is 266 g/mol. The highest BCUT2D eigenvalue weighted by molar-refractivity contribution is 6.14. The molecule has 0 radical (unpaired) electrons. The second-order valence-electron chi connectivity index (χ2n) is 5.41. The maximum absolute atomic E-state index is 12.4. The van der Waals surface area contributed by atoms with E-state index in [0.29, 0.717) is 6.54 Å². The number of nitrogens with zero attached hydrogens (tertiary/aromatic N) is 2. The van der Waals surface area contributed by atoms with E-state index >= 15 is 0 Å². The molecule has 0 spiro atoms. The van der Waals surface area contributed by atoms with E-state index in [1.807, 2.05) is 6.92 Å². The molecule has 0 atom stereocenters. The van der Waals surface area contributed by atoms with Gasteiger partial charge in [-0.3, -0.25) is 19.4 Å². The van der Waals surface area contributed by atoms with Crippen molar-refractivity contribution in [1.29, 1.82) is 0 Å². The molecule has 0 aromatic carbocycles. The topological polar surface area (TPSA) is 57.7 Å². The standard InChI is InChI=1S/C14H22N2O3/c1-2-3-9-15-12(17)10-13(18)16(14(15)19)11-7-5-4-6-8-11/h11H,2-10H2,1H3. The lowest BCUT2D eigenvalue weighted by Gasteiger charge is -2.38. The van der Waals surface area contributed by atoms with Crippen LogP contribution >= 0.6 is 0 Å². The Hall–Kier alpha value is -1.39. The number of hydrogen-bond donors (Lipinski definition) is 0. The minimum atomic E-state index is -0.387. The average Bonchev–Trinajstić information content (AvgIpc) is 2.39. The van der Waals surface area contributed by atoms with Gasteiger partial charge in [0.2, 0.25) is 11.8 Å². The molecule has 0 bridgehead atoms. The normalized spacial score (nSPS) is 22.3. The lowest BCUT2D eigenvalue weighted by Crippen LogP contribution is -2.58. The summed E-state index contributed by atoms with van der Waals surface area (Å²) in [6, 6.07) is -0.382. The molecule has 2 rings (SSSR count). The van der Waals surface area contributed by atoms with Gasteiger partial charge in [-0.25, -0.2) is 4.79 Å². The summed E-state index contributed by atoms with van der Waals surface area (Å²) < 4.78 is 0. The third kappa shape index (κ3) is 2.96. The fraction of sp³-hybridized carbons (Fsp3) is 0.786. The van der Waals surface area contributed by atoms with Gasteiger partial charge in [0.15, 0.2) is 0 Å². The van der Waals surface area contributed by atoms with Gasteiger partial charge in [-0.05, 0) is 19.3 Å². The summed E-state index contributed by atoms with van der Waals surface area (Å²) in [6.45, 7) is 2.45. The van der Waals surface area contributed by atoms with Crippen LogP contribution in [0.15, 0.2) is 0 Å². The van der Waals surface area contributed by atoms with Crippen LogP contribution in [-0.4, -0.2) is 40.2 Å². The van der Waals surface area contributed by atoms with Crippen molar-refractivity contribution in [2.75, 3.05) is 6.54 Å². The molecule has 0 N–H and O–H groups in total. The molecule has 106 valence electrons. The van der Waals surface area contributed by atoms with Gasteiger partial charge in [-0.15, -0.1) is 0 Å². The maximum atomic E-state index is 12.4. The molecular weight excluding hydrogens is 244 g/mol. The van der Waals surface area contributed by atoms with E-state index in [4.69, 9.17) is 0 Å². The van der Waals surface area contributed by atoms with Crippen LogP contribution in [-0.2, 0) is 9.59 Å². The zero-order chi connectivity index (χ0) is 13.8. The number of rotatable bonds is 4. The van der Waals surface area contributed by atoms with Crippen LogP contribution in [0, 0.1) is 0 Å². The summed E-state index contributed by atoms with van der Waals surface area (Å²) in [5, 5.41) is 0. The van der Waals surface area contributed by atoms with Crippen LogP contribution in [0.3, 0.4) is 0 Å². The van der Waals surface area contributed by atoms with E-state index in [9.17, 15) is 14.4 Å². The highest BCUT2D eigenvalue weighted by Crippen LogP contribution is 2.26. The molecule has 1 aliphatic carbocycles. The van der Waals surface area contributed by atoms with Crippen LogP contribution in [0.1, 0.15) is 58.3 Å². The molecule has 1 heterocycles. The quantitative estimate of drug-likeness (QED) is 0.734. The summed E-state index contributed by atoms with van der Waals surface area (Å²) in [7, 11) is 0. The zero-order valence-electron chi connectivity index (χ0n) is 11.6. The lowest BCUT2D eigenvalue weighted by molar-refractivity contribution is -0.144. The smallest absolute Gasteiger partial charge is 0.274 e. The van der Waals surface area contributed by atoms with Crippen molar-refractivity contribution < 1.29 is 14.4 Å². The highest BCUT2D eigenvalue weighted by Gasteiger charge is 2.41. The van der Waals surface area contributed by atoms with Gasteiger partial charge in [-0.1, -0.05) is 32.6 Å². The predicted octanol–water partition coefficient (Wildman–Crippen LogP) is 2.30. The van der Waals surface area contributed by atoms with Crippen molar-refractivity contribution in [3.05, 3.63) is 0 Å². The Kier molecular flexibility index (Phi) is 4.56. The van der Waals surface area contributed by atoms with Crippen LogP contribution in [0.25, 0.3) is 0 Å². The molecule has 4 amide bonds. The Morgan fingerprint density at radius 3 is 2.37 bits per heavy atom. The molecule has 1 aliphatic heterocycles. The molecule has 2 fully saturated rings. The molecule has 0 aromatic heterocycles. The number of barbiturate groups is 1. The SMILES string of the molecule is CCCCN1C(=O)CC(=O)N(C2CCCCC2)C1=O. The Bertz CT molecular complexity index is 375. The third-order valence-corrected chi connectivity index (χ3v) is 3.98. The molecule has 2 aliphatic rings. The predicted molar refractivity (Wildman–Crippen MR) is 70.4 cm³/mol. The van der Waals surface area contributed by atoms with Gasteiger partial charge in [-0.2, -0.15) is 0 Å². The van der Waals surface area contributed by atoms with Gasteiger partial charge in [0.1, 0.15) is 6.42 Å². The van der Waals surface area contributed by atoms with Crippen molar-refractivity contribution in [2.24, 2.45) is 0 Å². The van der Waals surface area contributed by atoms with E-state index < -0.39 is 0 Å². The van der Waals surface area contributed by atoms with E-state index in [-0.39, 0.29) is 30.3 Å². The summed E-state index contributed by atoms with van der Waals surface area (Å²) in [5.74, 6) is -0.648. The number of imide groups is 2. The first-order chi connectivity index (χ1) is 9.15. The second-order valence-corrected chi connectivity index (χ2v) is 5.41. The third-order valence-electron chi connectivity index (χ3n) is 3.98. The summed E-state index contributed by atoms with van der Waals surface area (Å²) >= 11 is 0. The summed E-state index contributed by atoms with van der Waals surface area (Å²) in [5.41, 5.74) is 0. The van der Waals surface area contributed by atoms with Crippen LogP contribution in [0.5, 0.6) is 0 Å². The number of unbranched alkanes of at least 4 members (excludes halogenated alkanes) is 1. The van der Waals surface area contributed by atoms with Gasteiger partial charge in [0.25, 0.3) is 0 Å². The lowest BCUT2D eigenvalue weighted by atomic mass is 9.93. The Balaban J connectivity index is 2.10. The zero-order valence-corrected chi connectivity index (χ0v) is 11.6. The van der Waals surface area contributed by atoms with Crippen molar-refractivity contribution in [3.63, 3.8) is 0 Å². The minimum Gasteiger partial charge on any atom is -0.274 e. The fourth-order valence-electron chi connectivity index (χ4n) is 2.89. The largest absolute Gasteiger partial charge is 0.333 e. The van der Waals surface area contributed by atoms with E-state index in [1.54, 1.807) is 0 Å². The van der Waals surface area contributed by atoms with E-state index in [2.05, 4.69) is 0 Å². The van der Waals surface area contributed by atoms with Crippen LogP contribution in [0.2, 0.25) is 0 Å². The van der Waals surface area contributed by atoms with Crippen molar-refractivity contribution >= 4 is 17.8 Å². The summed E-state index contributed by atoms with van der Waals surface area (Å²) in [6.07, 6.45) is 6.63. The molecule has 1 saturated heterocycles. The average molecular weight is 266 g/mol. The molecule has 5 nitrogen and oxygen atoms in total. The number of hydrogen-bond acceptors (Lipinski definition) is 3. The highest BCUT2D eigenvalue weighted by atomic mass is 16.2. The number of carbonyl (C=O) groups is 3. The van der Waals surface area contributed by atoms with Gasteiger partial charge >= 0.3 is 6.03 Å². The number of carbonyl (C=O) groups excluding carboxylic acids is 3. The Labute approximate surface area is 113 Å². The minimum absolute atomic E-state index is 0.00553. The molecule has 1 saturated carbocycles. The first kappa shape index (κ1) is 14.0. The maximum Gasteiger partial charge on any atom is 0.333 e. The molecule has 5 heteroatoms. The Morgan fingerprint density at radius 2 is 1.74 bits per heavy atom. The van der Waals surface area contributed by atoms with Crippen LogP contribution in [0.4, 0.5) is 4.79 Å². The molecule has 19 heavy (non-hydrogen) atoms. The van der Waals surface area contributed by atoms with Crippen molar-refractivity contribution in [3.8, 4) is 0 Å².